The minimum atomic E-state index is 0.455. The fraction of sp³-hybridized carbons (Fsp3) is 1.00. The normalized spacial score (nSPS) is 44.3. The minimum absolute atomic E-state index is 0.455. The smallest absolute Gasteiger partial charge is 0.0250 e. The number of fused-ring (bicyclic) bond motifs is 1. The first-order valence-electron chi connectivity index (χ1n) is 7.87. The number of rotatable bonds is 1. The molecular weight excluding hydrogens is 208 g/mol. The first kappa shape index (κ1) is 12.0. The van der Waals surface area contributed by atoms with Crippen LogP contribution in [0.25, 0.3) is 0 Å². The molecule has 2 saturated carbocycles. The lowest BCUT2D eigenvalue weighted by Gasteiger charge is -2.44. The van der Waals surface area contributed by atoms with Crippen molar-refractivity contribution in [2.45, 2.75) is 82.3 Å². The lowest BCUT2D eigenvalue weighted by atomic mass is 9.88. The molecule has 4 unspecified atom stereocenters. The van der Waals surface area contributed by atoms with E-state index in [1.807, 2.05) is 0 Å². The third-order valence-electron chi connectivity index (χ3n) is 5.49. The lowest BCUT2D eigenvalue weighted by molar-refractivity contribution is 0.0519. The molecule has 0 aromatic carbocycles. The monoisotopic (exact) mass is 236 g/mol. The lowest BCUT2D eigenvalue weighted by Crippen LogP contribution is -2.54. The van der Waals surface area contributed by atoms with Crippen molar-refractivity contribution < 1.29 is 0 Å². The Balaban J connectivity index is 1.72. The van der Waals surface area contributed by atoms with Crippen molar-refractivity contribution in [2.75, 3.05) is 6.54 Å². The summed E-state index contributed by atoms with van der Waals surface area (Å²) in [7, 11) is 0. The molecule has 0 spiro atoms. The van der Waals surface area contributed by atoms with Gasteiger partial charge in [-0.1, -0.05) is 25.7 Å². The Morgan fingerprint density at radius 3 is 2.41 bits per heavy atom. The Morgan fingerprint density at radius 2 is 1.47 bits per heavy atom. The zero-order chi connectivity index (χ0) is 11.7. The van der Waals surface area contributed by atoms with E-state index in [1.165, 1.54) is 70.8 Å². The summed E-state index contributed by atoms with van der Waals surface area (Å²) < 4.78 is 0. The van der Waals surface area contributed by atoms with Crippen molar-refractivity contribution in [1.29, 1.82) is 0 Å². The van der Waals surface area contributed by atoms with Gasteiger partial charge in [0.2, 0.25) is 0 Å². The molecule has 1 aliphatic heterocycles. The van der Waals surface area contributed by atoms with E-state index in [0.29, 0.717) is 12.1 Å². The average molecular weight is 236 g/mol. The Labute approximate surface area is 106 Å². The molecule has 98 valence electrons. The maximum Gasteiger partial charge on any atom is 0.0250 e. The quantitative estimate of drug-likeness (QED) is 0.709. The van der Waals surface area contributed by atoms with E-state index in [1.54, 1.807) is 0 Å². The van der Waals surface area contributed by atoms with Crippen LogP contribution in [-0.2, 0) is 0 Å². The van der Waals surface area contributed by atoms with E-state index in [0.717, 1.165) is 12.0 Å². The van der Waals surface area contributed by atoms with Crippen LogP contribution < -0.4 is 5.73 Å². The predicted octanol–water partition coefficient (Wildman–Crippen LogP) is 2.91. The Bertz CT molecular complexity index is 253. The molecule has 1 heterocycles. The first-order chi connectivity index (χ1) is 8.36. The molecule has 17 heavy (non-hydrogen) atoms. The highest BCUT2D eigenvalue weighted by Gasteiger charge is 2.39. The summed E-state index contributed by atoms with van der Waals surface area (Å²) in [5, 5.41) is 0. The molecule has 2 N–H and O–H groups in total. The summed E-state index contributed by atoms with van der Waals surface area (Å²) in [5.74, 6) is 1.01. The third kappa shape index (κ3) is 2.39. The molecule has 2 aliphatic carbocycles. The van der Waals surface area contributed by atoms with Crippen LogP contribution in [0, 0.1) is 5.92 Å². The predicted molar refractivity (Wildman–Crippen MR) is 71.9 cm³/mol. The van der Waals surface area contributed by atoms with Crippen LogP contribution in [-0.4, -0.2) is 29.6 Å². The van der Waals surface area contributed by atoms with Crippen LogP contribution in [0.5, 0.6) is 0 Å². The van der Waals surface area contributed by atoms with Crippen molar-refractivity contribution in [3.63, 3.8) is 0 Å². The number of nitrogens with two attached hydrogens (primary N) is 1. The van der Waals surface area contributed by atoms with Crippen LogP contribution in [0.2, 0.25) is 0 Å². The molecule has 2 nitrogen and oxygen atoms in total. The summed E-state index contributed by atoms with van der Waals surface area (Å²) in [4.78, 5) is 2.84. The van der Waals surface area contributed by atoms with Gasteiger partial charge in [0, 0.05) is 18.1 Å². The fourth-order valence-corrected chi connectivity index (χ4v) is 4.63. The van der Waals surface area contributed by atoms with Crippen molar-refractivity contribution in [3.8, 4) is 0 Å². The Kier molecular flexibility index (Phi) is 3.72. The van der Waals surface area contributed by atoms with Gasteiger partial charge in [0.1, 0.15) is 0 Å². The van der Waals surface area contributed by atoms with Gasteiger partial charge in [0.25, 0.3) is 0 Å². The van der Waals surface area contributed by atoms with Gasteiger partial charge in [-0.05, 0) is 51.0 Å². The SMILES string of the molecule is NC1CCCCCC1N1CCCC2CCCC21. The topological polar surface area (TPSA) is 29.3 Å². The van der Waals surface area contributed by atoms with Crippen molar-refractivity contribution in [2.24, 2.45) is 11.7 Å². The number of hydrogen-bond donors (Lipinski definition) is 1. The van der Waals surface area contributed by atoms with Crippen LogP contribution in [0.3, 0.4) is 0 Å². The molecule has 0 bridgehead atoms. The standard InChI is InChI=1S/C15H28N2/c16-13-8-2-1-3-9-15(13)17-11-5-7-12-6-4-10-14(12)17/h12-15H,1-11,16H2. The second-order valence-corrected chi connectivity index (χ2v) is 6.51. The Morgan fingerprint density at radius 1 is 0.706 bits per heavy atom. The van der Waals surface area contributed by atoms with Crippen LogP contribution in [0.1, 0.15) is 64.2 Å². The molecule has 0 aromatic heterocycles. The van der Waals surface area contributed by atoms with Gasteiger partial charge in [-0.3, -0.25) is 4.90 Å². The molecule has 0 amide bonds. The van der Waals surface area contributed by atoms with E-state index in [2.05, 4.69) is 4.90 Å². The molecule has 3 rings (SSSR count). The number of hydrogen-bond acceptors (Lipinski definition) is 2. The number of likely N-dealkylation sites (tertiary alicyclic amines) is 1. The molecule has 4 atom stereocenters. The van der Waals surface area contributed by atoms with Crippen molar-refractivity contribution in [1.82, 2.24) is 4.90 Å². The van der Waals surface area contributed by atoms with Gasteiger partial charge in [-0.25, -0.2) is 0 Å². The summed E-state index contributed by atoms with van der Waals surface area (Å²) in [6.45, 7) is 1.33. The van der Waals surface area contributed by atoms with E-state index in [4.69, 9.17) is 5.73 Å². The number of piperidine rings is 1. The van der Waals surface area contributed by atoms with Gasteiger partial charge >= 0.3 is 0 Å². The average Bonchev–Trinajstić information content (AvgIpc) is 2.72. The zero-order valence-corrected chi connectivity index (χ0v) is 11.1. The maximum atomic E-state index is 6.45. The molecular formula is C15H28N2. The largest absolute Gasteiger partial charge is 0.326 e. The summed E-state index contributed by atoms with van der Waals surface area (Å²) in [6.07, 6.45) is 14.1. The summed E-state index contributed by atoms with van der Waals surface area (Å²) >= 11 is 0. The highest BCUT2D eigenvalue weighted by atomic mass is 15.2. The highest BCUT2D eigenvalue weighted by Crippen LogP contribution is 2.39. The maximum absolute atomic E-state index is 6.45. The summed E-state index contributed by atoms with van der Waals surface area (Å²) in [5.41, 5.74) is 6.45. The van der Waals surface area contributed by atoms with E-state index < -0.39 is 0 Å². The van der Waals surface area contributed by atoms with E-state index >= 15 is 0 Å². The van der Waals surface area contributed by atoms with Crippen molar-refractivity contribution in [3.05, 3.63) is 0 Å². The fourth-order valence-electron chi connectivity index (χ4n) is 4.63. The first-order valence-corrected chi connectivity index (χ1v) is 7.87. The second-order valence-electron chi connectivity index (χ2n) is 6.51. The van der Waals surface area contributed by atoms with Crippen molar-refractivity contribution >= 4 is 0 Å². The number of nitrogens with zero attached hydrogens (tertiary/aromatic N) is 1. The summed E-state index contributed by atoms with van der Waals surface area (Å²) in [6, 6.07) is 2.07. The molecule has 3 aliphatic rings. The van der Waals surface area contributed by atoms with Crippen LogP contribution in [0.4, 0.5) is 0 Å². The second kappa shape index (κ2) is 5.27. The molecule has 0 aromatic rings. The third-order valence-corrected chi connectivity index (χ3v) is 5.49. The van der Waals surface area contributed by atoms with Gasteiger partial charge in [0.15, 0.2) is 0 Å². The zero-order valence-electron chi connectivity index (χ0n) is 11.1. The molecule has 2 heteroatoms. The Hall–Kier alpha value is -0.0800. The van der Waals surface area contributed by atoms with Gasteiger partial charge < -0.3 is 5.73 Å². The van der Waals surface area contributed by atoms with Gasteiger partial charge in [-0.15, -0.1) is 0 Å². The van der Waals surface area contributed by atoms with Crippen LogP contribution in [0.15, 0.2) is 0 Å². The highest BCUT2D eigenvalue weighted by molar-refractivity contribution is 4.95. The van der Waals surface area contributed by atoms with Crippen LogP contribution >= 0.6 is 0 Å². The van der Waals surface area contributed by atoms with E-state index in [-0.39, 0.29) is 0 Å². The molecule has 1 saturated heterocycles. The van der Waals surface area contributed by atoms with Gasteiger partial charge in [-0.2, -0.15) is 0 Å². The molecule has 3 fully saturated rings. The van der Waals surface area contributed by atoms with Gasteiger partial charge in [0.05, 0.1) is 0 Å². The van der Waals surface area contributed by atoms with E-state index in [9.17, 15) is 0 Å². The molecule has 0 radical (unpaired) electrons. The minimum Gasteiger partial charge on any atom is -0.326 e.